The highest BCUT2D eigenvalue weighted by Gasteiger charge is 2.42. The maximum atomic E-state index is 12.6. The molecule has 0 amide bonds. The van der Waals surface area contributed by atoms with Gasteiger partial charge in [0.2, 0.25) is 5.78 Å². The van der Waals surface area contributed by atoms with Crippen LogP contribution >= 0.6 is 27.3 Å². The van der Waals surface area contributed by atoms with Gasteiger partial charge in [0.05, 0.1) is 4.88 Å². The molecule has 0 saturated heterocycles. The van der Waals surface area contributed by atoms with Crippen molar-refractivity contribution in [3.63, 3.8) is 0 Å². The van der Waals surface area contributed by atoms with E-state index in [-0.39, 0.29) is 5.78 Å². The molecule has 0 aliphatic heterocycles. The van der Waals surface area contributed by atoms with Crippen molar-refractivity contribution in [2.75, 3.05) is 7.11 Å². The Morgan fingerprint density at radius 1 is 1.53 bits per heavy atom. The third kappa shape index (κ3) is 2.49. The van der Waals surface area contributed by atoms with Gasteiger partial charge in [0.15, 0.2) is 0 Å². The Bertz CT molecular complexity index is 405. The van der Waals surface area contributed by atoms with Gasteiger partial charge in [-0.25, -0.2) is 0 Å². The lowest BCUT2D eigenvalue weighted by atomic mass is 9.77. The van der Waals surface area contributed by atoms with Crippen LogP contribution in [0.15, 0.2) is 15.9 Å². The largest absolute Gasteiger partial charge is 0.370 e. The molecule has 0 N–H and O–H groups in total. The molecule has 0 unspecified atom stereocenters. The van der Waals surface area contributed by atoms with Crippen molar-refractivity contribution in [1.82, 2.24) is 0 Å². The molecule has 0 bridgehead atoms. The monoisotopic (exact) mass is 316 g/mol. The highest BCUT2D eigenvalue weighted by molar-refractivity contribution is 9.10. The number of rotatable bonds is 3. The summed E-state index contributed by atoms with van der Waals surface area (Å²) in [4.78, 5) is 13.4. The Balaban J connectivity index is 2.24. The minimum atomic E-state index is -0.583. The number of carbonyl (C=O) groups excluding carboxylic acids is 1. The summed E-state index contributed by atoms with van der Waals surface area (Å²) in [6.07, 6.45) is 3.83. The Kier molecular flexibility index (Phi) is 4.06. The number of ether oxygens (including phenoxy) is 1. The highest BCUT2D eigenvalue weighted by Crippen LogP contribution is 2.39. The number of carbonyl (C=O) groups is 1. The Morgan fingerprint density at radius 2 is 2.18 bits per heavy atom. The predicted octanol–water partition coefficient (Wildman–Crippen LogP) is 4.29. The first-order valence-electron chi connectivity index (χ1n) is 5.92. The van der Waals surface area contributed by atoms with E-state index >= 15 is 0 Å². The van der Waals surface area contributed by atoms with Crippen LogP contribution in [-0.2, 0) is 4.74 Å². The van der Waals surface area contributed by atoms with Gasteiger partial charge >= 0.3 is 0 Å². The van der Waals surface area contributed by atoms with Gasteiger partial charge in [-0.1, -0.05) is 6.92 Å². The summed E-state index contributed by atoms with van der Waals surface area (Å²) in [5.41, 5.74) is -0.583. The fraction of sp³-hybridized carbons (Fsp3) is 0.615. The summed E-state index contributed by atoms with van der Waals surface area (Å²) in [5.74, 6) is 0.853. The Morgan fingerprint density at radius 3 is 2.65 bits per heavy atom. The van der Waals surface area contributed by atoms with Crippen molar-refractivity contribution in [2.45, 2.75) is 38.2 Å². The lowest BCUT2D eigenvalue weighted by molar-refractivity contribution is -0.0260. The molecule has 94 valence electrons. The van der Waals surface area contributed by atoms with Gasteiger partial charge in [0.25, 0.3) is 0 Å². The predicted molar refractivity (Wildman–Crippen MR) is 73.7 cm³/mol. The van der Waals surface area contributed by atoms with Gasteiger partial charge in [-0.05, 0) is 59.0 Å². The quantitative estimate of drug-likeness (QED) is 0.778. The number of hydrogen-bond acceptors (Lipinski definition) is 3. The van der Waals surface area contributed by atoms with E-state index in [4.69, 9.17) is 4.74 Å². The molecule has 0 radical (unpaired) electrons. The second kappa shape index (κ2) is 5.21. The molecule has 1 saturated carbocycles. The topological polar surface area (TPSA) is 26.3 Å². The summed E-state index contributed by atoms with van der Waals surface area (Å²) < 4.78 is 6.50. The van der Waals surface area contributed by atoms with Crippen molar-refractivity contribution in [1.29, 1.82) is 0 Å². The fourth-order valence-corrected chi connectivity index (χ4v) is 4.00. The molecular formula is C13H17BrO2S. The molecule has 0 aromatic carbocycles. The van der Waals surface area contributed by atoms with Crippen molar-refractivity contribution < 1.29 is 9.53 Å². The second-order valence-electron chi connectivity index (χ2n) is 4.81. The molecule has 1 aliphatic rings. The molecule has 1 aromatic heterocycles. The molecule has 1 aromatic rings. The van der Waals surface area contributed by atoms with Crippen molar-refractivity contribution >= 4 is 33.0 Å². The van der Waals surface area contributed by atoms with Crippen LogP contribution in [0.3, 0.4) is 0 Å². The second-order valence-corrected chi connectivity index (χ2v) is 6.58. The van der Waals surface area contributed by atoms with E-state index in [9.17, 15) is 4.79 Å². The SMILES string of the molecule is COC1(C(=O)c2sccc2Br)CCC(C)CC1. The summed E-state index contributed by atoms with van der Waals surface area (Å²) >= 11 is 4.92. The van der Waals surface area contributed by atoms with Crippen molar-refractivity contribution in [3.05, 3.63) is 20.8 Å². The molecule has 0 spiro atoms. The van der Waals surface area contributed by atoms with Crippen LogP contribution in [0.5, 0.6) is 0 Å². The van der Waals surface area contributed by atoms with E-state index in [0.29, 0.717) is 5.92 Å². The van der Waals surface area contributed by atoms with E-state index < -0.39 is 5.60 Å². The zero-order valence-electron chi connectivity index (χ0n) is 10.2. The summed E-state index contributed by atoms with van der Waals surface area (Å²) in [6, 6.07) is 1.92. The third-order valence-corrected chi connectivity index (χ3v) is 5.55. The first-order valence-corrected chi connectivity index (χ1v) is 7.59. The van der Waals surface area contributed by atoms with Crippen LogP contribution in [-0.4, -0.2) is 18.5 Å². The van der Waals surface area contributed by atoms with E-state index in [1.165, 1.54) is 11.3 Å². The van der Waals surface area contributed by atoms with Crippen LogP contribution in [0.4, 0.5) is 0 Å². The van der Waals surface area contributed by atoms with Gasteiger partial charge in [-0.3, -0.25) is 4.79 Å². The summed E-state index contributed by atoms with van der Waals surface area (Å²) in [5, 5.41) is 1.94. The highest BCUT2D eigenvalue weighted by atomic mass is 79.9. The maximum absolute atomic E-state index is 12.6. The molecule has 1 aliphatic carbocycles. The van der Waals surface area contributed by atoms with Crippen LogP contribution in [0.25, 0.3) is 0 Å². The van der Waals surface area contributed by atoms with Crippen molar-refractivity contribution in [3.8, 4) is 0 Å². The zero-order valence-corrected chi connectivity index (χ0v) is 12.6. The minimum absolute atomic E-state index is 0.147. The van der Waals surface area contributed by atoms with E-state index in [1.807, 2.05) is 11.4 Å². The molecule has 2 nitrogen and oxygen atoms in total. The van der Waals surface area contributed by atoms with Gasteiger partial charge < -0.3 is 4.74 Å². The zero-order chi connectivity index (χ0) is 12.5. The number of halogens is 1. The molecule has 2 rings (SSSR count). The maximum Gasteiger partial charge on any atom is 0.205 e. The number of hydrogen-bond donors (Lipinski definition) is 0. The number of methoxy groups -OCH3 is 1. The third-order valence-electron chi connectivity index (χ3n) is 3.71. The fourth-order valence-electron chi connectivity index (χ4n) is 2.41. The van der Waals surface area contributed by atoms with E-state index in [2.05, 4.69) is 22.9 Å². The van der Waals surface area contributed by atoms with E-state index in [0.717, 1.165) is 35.0 Å². The smallest absolute Gasteiger partial charge is 0.205 e. The Hall–Kier alpha value is -0.190. The summed E-state index contributed by atoms with van der Waals surface area (Å²) in [6.45, 7) is 2.24. The average Bonchev–Trinajstić information content (AvgIpc) is 2.76. The van der Waals surface area contributed by atoms with Crippen LogP contribution < -0.4 is 0 Å². The van der Waals surface area contributed by atoms with Crippen molar-refractivity contribution in [2.24, 2.45) is 5.92 Å². The molecule has 4 heteroatoms. The van der Waals surface area contributed by atoms with Crippen LogP contribution in [0.1, 0.15) is 42.3 Å². The molecule has 17 heavy (non-hydrogen) atoms. The first-order chi connectivity index (χ1) is 8.09. The molecule has 1 fully saturated rings. The molecule has 0 atom stereocenters. The standard InChI is InChI=1S/C13H17BrO2S/c1-9-3-6-13(16-2,7-4-9)12(15)11-10(14)5-8-17-11/h5,8-9H,3-4,6-7H2,1-2H3. The van der Waals surface area contributed by atoms with Gasteiger partial charge in [-0.15, -0.1) is 11.3 Å². The minimum Gasteiger partial charge on any atom is -0.370 e. The van der Waals surface area contributed by atoms with Gasteiger partial charge in [-0.2, -0.15) is 0 Å². The van der Waals surface area contributed by atoms with Crippen LogP contribution in [0.2, 0.25) is 0 Å². The first kappa shape index (κ1) is 13.2. The van der Waals surface area contributed by atoms with Crippen LogP contribution in [0, 0.1) is 5.92 Å². The molecular weight excluding hydrogens is 300 g/mol. The van der Waals surface area contributed by atoms with Gasteiger partial charge in [0, 0.05) is 11.6 Å². The normalized spacial score (nSPS) is 29.2. The van der Waals surface area contributed by atoms with Gasteiger partial charge in [0.1, 0.15) is 5.60 Å². The number of ketones is 1. The average molecular weight is 317 g/mol. The lowest BCUT2D eigenvalue weighted by Gasteiger charge is -2.36. The van der Waals surface area contributed by atoms with E-state index in [1.54, 1.807) is 7.11 Å². The number of thiophene rings is 1. The summed E-state index contributed by atoms with van der Waals surface area (Å²) in [7, 11) is 1.66. The number of Topliss-reactive ketones (excluding diaryl/α,β-unsaturated/α-hetero) is 1. The lowest BCUT2D eigenvalue weighted by Crippen LogP contribution is -2.43. The Labute approximate surface area is 114 Å². The molecule has 1 heterocycles.